The minimum absolute atomic E-state index is 0.123. The van der Waals surface area contributed by atoms with Gasteiger partial charge in [-0.3, -0.25) is 14.6 Å². The van der Waals surface area contributed by atoms with Crippen molar-refractivity contribution in [3.63, 3.8) is 0 Å². The lowest BCUT2D eigenvalue weighted by Crippen LogP contribution is -2.49. The van der Waals surface area contributed by atoms with E-state index in [4.69, 9.17) is 4.74 Å². The quantitative estimate of drug-likeness (QED) is 0.860. The van der Waals surface area contributed by atoms with Crippen LogP contribution >= 0.6 is 11.3 Å². The monoisotopic (exact) mass is 385 g/mol. The van der Waals surface area contributed by atoms with Gasteiger partial charge in [0.15, 0.2) is 0 Å². The van der Waals surface area contributed by atoms with E-state index < -0.39 is 0 Å². The first-order chi connectivity index (χ1) is 13.3. The first kappa shape index (κ1) is 18.5. The van der Waals surface area contributed by atoms with Gasteiger partial charge < -0.3 is 10.1 Å². The molecule has 6 heteroatoms. The SMILES string of the molecule is O=C(CN1CCOc2ccccc2C1)NC1CCCN(Cc2cccs2)C1. The third kappa shape index (κ3) is 5.09. The molecule has 1 unspecified atom stereocenters. The Bertz CT molecular complexity index is 750. The number of thiophene rings is 1. The summed E-state index contributed by atoms with van der Waals surface area (Å²) in [6.45, 7) is 5.64. The molecule has 1 N–H and O–H groups in total. The summed E-state index contributed by atoms with van der Waals surface area (Å²) in [5.74, 6) is 1.06. The van der Waals surface area contributed by atoms with Gasteiger partial charge in [0.2, 0.25) is 5.91 Å². The van der Waals surface area contributed by atoms with Crippen LogP contribution in [0, 0.1) is 0 Å². The van der Waals surface area contributed by atoms with Gasteiger partial charge >= 0.3 is 0 Å². The minimum Gasteiger partial charge on any atom is -0.492 e. The molecule has 3 heterocycles. The van der Waals surface area contributed by atoms with Gasteiger partial charge in [-0.15, -0.1) is 11.3 Å². The molecule has 1 fully saturated rings. The minimum atomic E-state index is 0.123. The predicted octanol–water partition coefficient (Wildman–Crippen LogP) is 2.72. The number of piperidine rings is 1. The molecule has 4 rings (SSSR count). The van der Waals surface area contributed by atoms with E-state index in [2.05, 4.69) is 38.7 Å². The largest absolute Gasteiger partial charge is 0.492 e. The van der Waals surface area contributed by atoms with Gasteiger partial charge in [-0.05, 0) is 36.9 Å². The summed E-state index contributed by atoms with van der Waals surface area (Å²) in [5.41, 5.74) is 1.16. The van der Waals surface area contributed by atoms with Gasteiger partial charge in [0.25, 0.3) is 0 Å². The molecule has 1 aromatic carbocycles. The summed E-state index contributed by atoms with van der Waals surface area (Å²) < 4.78 is 5.80. The van der Waals surface area contributed by atoms with Crippen molar-refractivity contribution in [1.82, 2.24) is 15.1 Å². The molecule has 0 bridgehead atoms. The zero-order valence-corrected chi connectivity index (χ0v) is 16.4. The summed E-state index contributed by atoms with van der Waals surface area (Å²) in [6, 6.07) is 12.6. The Morgan fingerprint density at radius 2 is 2.11 bits per heavy atom. The highest BCUT2D eigenvalue weighted by Gasteiger charge is 2.23. The number of likely N-dealkylation sites (tertiary alicyclic amines) is 1. The van der Waals surface area contributed by atoms with Crippen LogP contribution in [0.3, 0.4) is 0 Å². The fourth-order valence-corrected chi connectivity index (χ4v) is 4.68. The number of carbonyl (C=O) groups is 1. The summed E-state index contributed by atoms with van der Waals surface area (Å²) in [5, 5.41) is 5.39. The van der Waals surface area contributed by atoms with Crippen molar-refractivity contribution in [3.05, 3.63) is 52.2 Å². The van der Waals surface area contributed by atoms with E-state index in [1.807, 2.05) is 18.2 Å². The van der Waals surface area contributed by atoms with Crippen molar-refractivity contribution in [2.24, 2.45) is 0 Å². The van der Waals surface area contributed by atoms with E-state index in [0.29, 0.717) is 13.2 Å². The number of nitrogens with one attached hydrogen (secondary N) is 1. The Kier molecular flexibility index (Phi) is 6.07. The van der Waals surface area contributed by atoms with Crippen LogP contribution in [0.25, 0.3) is 0 Å². The lowest BCUT2D eigenvalue weighted by molar-refractivity contribution is -0.123. The topological polar surface area (TPSA) is 44.8 Å². The van der Waals surface area contributed by atoms with E-state index in [1.165, 1.54) is 4.88 Å². The average Bonchev–Trinajstić information content (AvgIpc) is 3.07. The maximum absolute atomic E-state index is 12.6. The number of nitrogens with zero attached hydrogens (tertiary/aromatic N) is 2. The van der Waals surface area contributed by atoms with E-state index in [-0.39, 0.29) is 11.9 Å². The number of carbonyl (C=O) groups excluding carboxylic acids is 1. The van der Waals surface area contributed by atoms with E-state index in [1.54, 1.807) is 11.3 Å². The number of ether oxygens (including phenoxy) is 1. The lowest BCUT2D eigenvalue weighted by atomic mass is 10.1. The van der Waals surface area contributed by atoms with Crippen LogP contribution in [-0.2, 0) is 17.9 Å². The second kappa shape index (κ2) is 8.87. The van der Waals surface area contributed by atoms with Gasteiger partial charge in [0, 0.05) is 42.7 Å². The van der Waals surface area contributed by atoms with Crippen LogP contribution in [0.1, 0.15) is 23.3 Å². The van der Waals surface area contributed by atoms with Crippen LogP contribution in [0.15, 0.2) is 41.8 Å². The Hall–Kier alpha value is -1.89. The highest BCUT2D eigenvalue weighted by molar-refractivity contribution is 7.09. The summed E-state index contributed by atoms with van der Waals surface area (Å²) >= 11 is 1.80. The molecule has 27 heavy (non-hydrogen) atoms. The zero-order valence-electron chi connectivity index (χ0n) is 15.6. The molecule has 5 nitrogen and oxygen atoms in total. The van der Waals surface area contributed by atoms with Crippen molar-refractivity contribution in [3.8, 4) is 5.75 Å². The highest BCUT2D eigenvalue weighted by atomic mass is 32.1. The maximum Gasteiger partial charge on any atom is 0.234 e. The van der Waals surface area contributed by atoms with Crippen LogP contribution < -0.4 is 10.1 Å². The lowest BCUT2D eigenvalue weighted by Gasteiger charge is -2.33. The molecule has 1 saturated heterocycles. The average molecular weight is 386 g/mol. The Morgan fingerprint density at radius 1 is 1.19 bits per heavy atom. The maximum atomic E-state index is 12.6. The van der Waals surface area contributed by atoms with Gasteiger partial charge in [-0.25, -0.2) is 0 Å². The second-order valence-electron chi connectivity index (χ2n) is 7.39. The van der Waals surface area contributed by atoms with Crippen molar-refractivity contribution in [2.45, 2.75) is 32.0 Å². The Labute approximate surface area is 164 Å². The standard InChI is InChI=1S/C21H27N3O2S/c25-21(16-24-10-11-26-20-8-2-1-5-17(20)13-24)22-18-6-3-9-23(14-18)15-19-7-4-12-27-19/h1-2,4-5,7-8,12,18H,3,6,9-11,13-16H2,(H,22,25). The van der Waals surface area contributed by atoms with Gasteiger partial charge in [0.1, 0.15) is 12.4 Å². The fourth-order valence-electron chi connectivity index (χ4n) is 3.93. The summed E-state index contributed by atoms with van der Waals surface area (Å²) in [6.07, 6.45) is 2.21. The third-order valence-corrected chi connectivity index (χ3v) is 6.09. The summed E-state index contributed by atoms with van der Waals surface area (Å²) in [4.78, 5) is 18.6. The predicted molar refractivity (Wildman–Crippen MR) is 108 cm³/mol. The van der Waals surface area contributed by atoms with E-state index in [0.717, 1.165) is 56.9 Å². The number of hydrogen-bond acceptors (Lipinski definition) is 5. The molecule has 2 aliphatic rings. The van der Waals surface area contributed by atoms with Crippen LogP contribution in [-0.4, -0.2) is 54.5 Å². The fraction of sp³-hybridized carbons (Fsp3) is 0.476. The third-order valence-electron chi connectivity index (χ3n) is 5.23. The molecule has 0 saturated carbocycles. The van der Waals surface area contributed by atoms with E-state index in [9.17, 15) is 4.79 Å². The molecule has 2 aromatic rings. The first-order valence-corrected chi connectivity index (χ1v) is 10.6. The number of hydrogen-bond donors (Lipinski definition) is 1. The number of para-hydroxylation sites is 1. The van der Waals surface area contributed by atoms with Crippen LogP contribution in [0.2, 0.25) is 0 Å². The Morgan fingerprint density at radius 3 is 3.00 bits per heavy atom. The van der Waals surface area contributed by atoms with Crippen molar-refractivity contribution in [1.29, 1.82) is 0 Å². The van der Waals surface area contributed by atoms with Gasteiger partial charge in [-0.2, -0.15) is 0 Å². The molecular weight excluding hydrogens is 358 g/mol. The highest BCUT2D eigenvalue weighted by Crippen LogP contribution is 2.22. The number of rotatable bonds is 5. The molecule has 0 spiro atoms. The summed E-state index contributed by atoms with van der Waals surface area (Å²) in [7, 11) is 0. The zero-order chi connectivity index (χ0) is 18.5. The normalized spacial score (nSPS) is 21.1. The van der Waals surface area contributed by atoms with Crippen molar-refractivity contribution >= 4 is 17.2 Å². The van der Waals surface area contributed by atoms with Crippen molar-refractivity contribution in [2.75, 3.05) is 32.8 Å². The number of fused-ring (bicyclic) bond motifs is 1. The van der Waals surface area contributed by atoms with Crippen LogP contribution in [0.4, 0.5) is 0 Å². The molecule has 2 aliphatic heterocycles. The second-order valence-corrected chi connectivity index (χ2v) is 8.42. The molecule has 0 radical (unpaired) electrons. The van der Waals surface area contributed by atoms with Crippen molar-refractivity contribution < 1.29 is 9.53 Å². The van der Waals surface area contributed by atoms with Crippen LogP contribution in [0.5, 0.6) is 5.75 Å². The molecular formula is C21H27N3O2S. The molecule has 1 amide bonds. The first-order valence-electron chi connectivity index (χ1n) is 9.73. The van der Waals surface area contributed by atoms with E-state index >= 15 is 0 Å². The molecule has 144 valence electrons. The van der Waals surface area contributed by atoms with Gasteiger partial charge in [0.05, 0.1) is 6.54 Å². The van der Waals surface area contributed by atoms with Gasteiger partial charge in [-0.1, -0.05) is 24.3 Å². The molecule has 1 atom stereocenters. The number of benzene rings is 1. The molecule has 0 aliphatic carbocycles. The Balaban J connectivity index is 1.27. The smallest absolute Gasteiger partial charge is 0.234 e. The molecule has 1 aromatic heterocycles. The number of amides is 1.